The highest BCUT2D eigenvalue weighted by molar-refractivity contribution is 9.10. The van der Waals surface area contributed by atoms with Gasteiger partial charge in [0.15, 0.2) is 0 Å². The lowest BCUT2D eigenvalue weighted by Gasteiger charge is -2.22. The van der Waals surface area contributed by atoms with Crippen LogP contribution in [0.15, 0.2) is 4.47 Å². The molecule has 2 rings (SSSR count). The van der Waals surface area contributed by atoms with Gasteiger partial charge < -0.3 is 9.47 Å². The summed E-state index contributed by atoms with van der Waals surface area (Å²) in [4.78, 5) is 0. The van der Waals surface area contributed by atoms with Crippen molar-refractivity contribution in [3.05, 3.63) is 15.9 Å². The smallest absolute Gasteiger partial charge is 0.0897 e. The molecular formula is C13H21BrN2O2. The zero-order valence-corrected chi connectivity index (χ0v) is 12.7. The monoisotopic (exact) mass is 316 g/mol. The van der Waals surface area contributed by atoms with E-state index >= 15 is 0 Å². The van der Waals surface area contributed by atoms with E-state index in [4.69, 9.17) is 9.47 Å². The summed E-state index contributed by atoms with van der Waals surface area (Å²) in [5.74, 6) is 0. The molecule has 1 saturated heterocycles. The molecule has 0 bridgehead atoms. The molecule has 0 radical (unpaired) electrons. The molecule has 0 saturated carbocycles. The van der Waals surface area contributed by atoms with Crippen LogP contribution in [-0.4, -0.2) is 29.1 Å². The zero-order chi connectivity index (χ0) is 13.0. The average Bonchev–Trinajstić information content (AvgIpc) is 2.67. The molecule has 1 aromatic rings. The van der Waals surface area contributed by atoms with E-state index in [0.717, 1.165) is 35.4 Å². The van der Waals surface area contributed by atoms with Crippen molar-refractivity contribution in [3.8, 4) is 0 Å². The van der Waals surface area contributed by atoms with Crippen molar-refractivity contribution in [2.24, 2.45) is 0 Å². The highest BCUT2D eigenvalue weighted by atomic mass is 79.9. The van der Waals surface area contributed by atoms with Gasteiger partial charge >= 0.3 is 0 Å². The van der Waals surface area contributed by atoms with Crippen LogP contribution < -0.4 is 0 Å². The van der Waals surface area contributed by atoms with E-state index < -0.39 is 0 Å². The zero-order valence-electron chi connectivity index (χ0n) is 11.1. The van der Waals surface area contributed by atoms with E-state index in [9.17, 15) is 0 Å². The number of aromatic nitrogens is 2. The quantitative estimate of drug-likeness (QED) is 0.837. The third-order valence-corrected chi connectivity index (χ3v) is 4.30. The molecule has 0 N–H and O–H groups in total. The van der Waals surface area contributed by atoms with Gasteiger partial charge in [-0.2, -0.15) is 5.10 Å². The Hall–Kier alpha value is -0.390. The molecule has 1 aliphatic heterocycles. The number of ether oxygens (including phenoxy) is 2. The minimum absolute atomic E-state index is 0.275. The second kappa shape index (κ2) is 6.68. The van der Waals surface area contributed by atoms with Crippen LogP contribution in [0.1, 0.15) is 37.6 Å². The van der Waals surface area contributed by atoms with Gasteiger partial charge in [0.05, 0.1) is 35.2 Å². The number of nitrogens with zero attached hydrogens (tertiary/aromatic N) is 2. The highest BCUT2D eigenvalue weighted by Gasteiger charge is 2.16. The average molecular weight is 317 g/mol. The normalized spacial score (nSPS) is 20.3. The molecule has 0 aromatic carbocycles. The molecule has 1 atom stereocenters. The lowest BCUT2D eigenvalue weighted by atomic mass is 10.1. The van der Waals surface area contributed by atoms with Crippen molar-refractivity contribution < 1.29 is 9.47 Å². The molecule has 2 heterocycles. The van der Waals surface area contributed by atoms with Gasteiger partial charge in [-0.25, -0.2) is 0 Å². The molecule has 5 heteroatoms. The molecule has 0 spiro atoms. The summed E-state index contributed by atoms with van der Waals surface area (Å²) in [6, 6.07) is 0. The third-order valence-electron chi connectivity index (χ3n) is 3.27. The van der Waals surface area contributed by atoms with Crippen molar-refractivity contribution in [2.75, 3.05) is 13.2 Å². The Morgan fingerprint density at radius 2 is 2.33 bits per heavy atom. The first-order valence-electron chi connectivity index (χ1n) is 6.63. The highest BCUT2D eigenvalue weighted by Crippen LogP contribution is 2.22. The Kier molecular flexibility index (Phi) is 5.21. The summed E-state index contributed by atoms with van der Waals surface area (Å²) >= 11 is 3.57. The van der Waals surface area contributed by atoms with Crippen molar-refractivity contribution in [3.63, 3.8) is 0 Å². The number of hydrogen-bond acceptors (Lipinski definition) is 3. The van der Waals surface area contributed by atoms with Gasteiger partial charge in [-0.15, -0.1) is 0 Å². The Balaban J connectivity index is 1.85. The fourth-order valence-electron chi connectivity index (χ4n) is 2.23. The maximum absolute atomic E-state index is 5.78. The van der Waals surface area contributed by atoms with Crippen molar-refractivity contribution in [1.82, 2.24) is 9.78 Å². The Bertz CT molecular complexity index is 387. The molecule has 1 unspecified atom stereocenters. The lowest BCUT2D eigenvalue weighted by Crippen LogP contribution is -2.24. The second-order valence-corrected chi connectivity index (χ2v) is 5.46. The molecule has 102 valence electrons. The van der Waals surface area contributed by atoms with E-state index in [0.29, 0.717) is 13.2 Å². The predicted octanol–water partition coefficient (Wildman–Crippen LogP) is 3.06. The van der Waals surface area contributed by atoms with Crippen molar-refractivity contribution >= 4 is 15.9 Å². The molecule has 1 fully saturated rings. The SMILES string of the molecule is CCn1nc(C)c(Br)c1COCC1CCCCO1. The second-order valence-electron chi connectivity index (χ2n) is 4.67. The summed E-state index contributed by atoms with van der Waals surface area (Å²) in [6.07, 6.45) is 3.83. The standard InChI is InChI=1S/C13H21BrN2O2/c1-3-16-12(13(14)10(2)15-16)9-17-8-11-6-4-5-7-18-11/h11H,3-9H2,1-2H3. The lowest BCUT2D eigenvalue weighted by molar-refractivity contribution is -0.0458. The van der Waals surface area contributed by atoms with Gasteiger partial charge in [0.25, 0.3) is 0 Å². The van der Waals surface area contributed by atoms with E-state index in [1.165, 1.54) is 12.8 Å². The van der Waals surface area contributed by atoms with Gasteiger partial charge in [-0.3, -0.25) is 4.68 Å². The van der Waals surface area contributed by atoms with Crippen LogP contribution in [0.5, 0.6) is 0 Å². The van der Waals surface area contributed by atoms with Gasteiger partial charge in [0.1, 0.15) is 0 Å². The van der Waals surface area contributed by atoms with Crippen LogP contribution in [0.25, 0.3) is 0 Å². The summed E-state index contributed by atoms with van der Waals surface area (Å²) in [6.45, 7) is 7.11. The molecule has 1 aromatic heterocycles. The molecule has 4 nitrogen and oxygen atoms in total. The molecule has 0 amide bonds. The summed E-state index contributed by atoms with van der Waals surface area (Å²) < 4.78 is 14.5. The first-order chi connectivity index (χ1) is 8.72. The van der Waals surface area contributed by atoms with Gasteiger partial charge in [-0.05, 0) is 49.0 Å². The fraction of sp³-hybridized carbons (Fsp3) is 0.769. The topological polar surface area (TPSA) is 36.3 Å². The third kappa shape index (κ3) is 3.33. The minimum atomic E-state index is 0.275. The van der Waals surface area contributed by atoms with Gasteiger partial charge in [0.2, 0.25) is 0 Å². The number of hydrogen-bond donors (Lipinski definition) is 0. The Labute approximate surface area is 117 Å². The van der Waals surface area contributed by atoms with E-state index in [2.05, 4.69) is 28.0 Å². The summed E-state index contributed by atoms with van der Waals surface area (Å²) in [5.41, 5.74) is 2.13. The largest absolute Gasteiger partial charge is 0.376 e. The molecule has 0 aliphatic carbocycles. The van der Waals surface area contributed by atoms with Crippen molar-refractivity contribution in [1.29, 1.82) is 0 Å². The maximum atomic E-state index is 5.78. The van der Waals surface area contributed by atoms with Crippen molar-refractivity contribution in [2.45, 2.75) is 52.4 Å². The van der Waals surface area contributed by atoms with E-state index in [1.807, 2.05) is 11.6 Å². The first-order valence-corrected chi connectivity index (χ1v) is 7.42. The molecular weight excluding hydrogens is 296 g/mol. The van der Waals surface area contributed by atoms with E-state index in [-0.39, 0.29) is 6.10 Å². The van der Waals surface area contributed by atoms with Crippen LogP contribution >= 0.6 is 15.9 Å². The molecule has 18 heavy (non-hydrogen) atoms. The Morgan fingerprint density at radius 1 is 1.50 bits per heavy atom. The molecule has 1 aliphatic rings. The summed E-state index contributed by atoms with van der Waals surface area (Å²) in [7, 11) is 0. The Morgan fingerprint density at radius 3 is 3.00 bits per heavy atom. The predicted molar refractivity (Wildman–Crippen MR) is 73.6 cm³/mol. The van der Waals surface area contributed by atoms with Gasteiger partial charge in [0, 0.05) is 13.2 Å². The maximum Gasteiger partial charge on any atom is 0.0897 e. The van der Waals surface area contributed by atoms with Crippen LogP contribution in [-0.2, 0) is 22.6 Å². The van der Waals surface area contributed by atoms with Crippen LogP contribution in [0, 0.1) is 6.92 Å². The number of rotatable bonds is 5. The van der Waals surface area contributed by atoms with Gasteiger partial charge in [-0.1, -0.05) is 0 Å². The van der Waals surface area contributed by atoms with Crippen LogP contribution in [0.3, 0.4) is 0 Å². The number of halogens is 1. The van der Waals surface area contributed by atoms with E-state index in [1.54, 1.807) is 0 Å². The van der Waals surface area contributed by atoms with Crippen LogP contribution in [0.2, 0.25) is 0 Å². The summed E-state index contributed by atoms with van der Waals surface area (Å²) in [5, 5.41) is 4.45. The minimum Gasteiger partial charge on any atom is -0.376 e. The first kappa shape index (κ1) is 14.0. The number of aryl methyl sites for hydroxylation is 2. The van der Waals surface area contributed by atoms with Crippen LogP contribution in [0.4, 0.5) is 0 Å². The fourth-order valence-corrected chi connectivity index (χ4v) is 2.63.